The predicted molar refractivity (Wildman–Crippen MR) is 142 cm³/mol. The summed E-state index contributed by atoms with van der Waals surface area (Å²) in [5.74, 6) is 2.56. The minimum Gasteiger partial charge on any atom is -0.493 e. The van der Waals surface area contributed by atoms with Crippen molar-refractivity contribution in [3.63, 3.8) is 0 Å². The Kier molecular flexibility index (Phi) is 10.2. The summed E-state index contributed by atoms with van der Waals surface area (Å²) < 4.78 is 23.1. The highest BCUT2D eigenvalue weighted by Gasteiger charge is 2.22. The van der Waals surface area contributed by atoms with Crippen LogP contribution in [-0.4, -0.2) is 54.4 Å². The number of nitrogens with zero attached hydrogens (tertiary/aromatic N) is 4. The van der Waals surface area contributed by atoms with Gasteiger partial charge >= 0.3 is 6.01 Å². The summed E-state index contributed by atoms with van der Waals surface area (Å²) in [5, 5.41) is 11.3. The quantitative estimate of drug-likeness (QED) is 0.459. The fourth-order valence-electron chi connectivity index (χ4n) is 3.47. The molecule has 0 bridgehead atoms. The van der Waals surface area contributed by atoms with Gasteiger partial charge in [-0.1, -0.05) is 27.7 Å². The molecular weight excluding hydrogens is 448 g/mol. The summed E-state index contributed by atoms with van der Waals surface area (Å²) in [6.07, 6.45) is 7.06. The molecule has 4 rings (SSSR count). The maximum absolute atomic E-state index is 5.46. The number of nitrogens with one attached hydrogen (secondary N) is 2. The van der Waals surface area contributed by atoms with Crippen molar-refractivity contribution >= 4 is 17.7 Å². The van der Waals surface area contributed by atoms with Crippen LogP contribution in [0.25, 0.3) is 17.3 Å². The molecule has 1 atom stereocenters. The first-order chi connectivity index (χ1) is 17.1. The lowest BCUT2D eigenvalue weighted by Gasteiger charge is -2.24. The van der Waals surface area contributed by atoms with E-state index in [-0.39, 0.29) is 13.6 Å². The van der Waals surface area contributed by atoms with E-state index in [4.69, 9.17) is 18.9 Å². The van der Waals surface area contributed by atoms with Crippen LogP contribution in [0.15, 0.2) is 30.6 Å². The van der Waals surface area contributed by atoms with Gasteiger partial charge in [0.1, 0.15) is 12.0 Å². The Bertz CT molecular complexity index is 1140. The molecule has 2 N–H and O–H groups in total. The van der Waals surface area contributed by atoms with Crippen molar-refractivity contribution in [1.29, 1.82) is 0 Å². The molecular formula is C25H38N6O4. The zero-order chi connectivity index (χ0) is 26.0. The number of hydrogen-bond donors (Lipinski definition) is 2. The Labute approximate surface area is 208 Å². The standard InChI is InChI=1S/C21H24N6O4.2C2H6.H2/c1-12-8-13(9-16(28-2)18(12)29-3)24-17-6-7-27-19(25-17)14(11-23-27)15-10-22-21(31-5)26-20(15)30-4;2*1-2;/h6-11,17,24-25H,1-5H3;2*1-2H3;1H. The molecule has 35 heavy (non-hydrogen) atoms. The van der Waals surface area contributed by atoms with Crippen LogP contribution in [0.5, 0.6) is 23.4 Å². The number of hydrogen-bond acceptors (Lipinski definition) is 9. The topological polar surface area (TPSA) is 105 Å². The molecule has 0 aliphatic carbocycles. The fourth-order valence-corrected chi connectivity index (χ4v) is 3.47. The van der Waals surface area contributed by atoms with Gasteiger partial charge in [0.25, 0.3) is 0 Å². The number of rotatable bonds is 7. The smallest absolute Gasteiger partial charge is 0.319 e. The van der Waals surface area contributed by atoms with Gasteiger partial charge < -0.3 is 29.6 Å². The van der Waals surface area contributed by atoms with Crippen molar-refractivity contribution in [3.8, 4) is 34.5 Å². The van der Waals surface area contributed by atoms with Gasteiger partial charge in [-0.05, 0) is 24.6 Å². The van der Waals surface area contributed by atoms with Gasteiger partial charge in [0.2, 0.25) is 5.88 Å². The van der Waals surface area contributed by atoms with E-state index in [0.29, 0.717) is 22.9 Å². The van der Waals surface area contributed by atoms with Crippen molar-refractivity contribution in [1.82, 2.24) is 19.7 Å². The zero-order valence-electron chi connectivity index (χ0n) is 22.0. The van der Waals surface area contributed by atoms with Crippen LogP contribution in [-0.2, 0) is 0 Å². The summed E-state index contributed by atoms with van der Waals surface area (Å²) in [5.41, 5.74) is 3.36. The molecule has 0 spiro atoms. The van der Waals surface area contributed by atoms with E-state index in [1.165, 1.54) is 7.11 Å². The molecule has 1 aliphatic rings. The molecule has 1 aromatic carbocycles. The van der Waals surface area contributed by atoms with Crippen molar-refractivity contribution in [3.05, 3.63) is 36.2 Å². The minimum absolute atomic E-state index is 0. The molecule has 0 saturated carbocycles. The van der Waals surface area contributed by atoms with Gasteiger partial charge in [-0.2, -0.15) is 10.1 Å². The second-order valence-corrected chi connectivity index (χ2v) is 6.77. The second-order valence-electron chi connectivity index (χ2n) is 6.77. The highest BCUT2D eigenvalue weighted by atomic mass is 16.5. The van der Waals surface area contributed by atoms with E-state index < -0.39 is 0 Å². The third-order valence-electron chi connectivity index (χ3n) is 4.89. The molecule has 0 radical (unpaired) electrons. The van der Waals surface area contributed by atoms with Gasteiger partial charge in [0, 0.05) is 25.6 Å². The van der Waals surface area contributed by atoms with E-state index in [1.807, 2.05) is 59.0 Å². The monoisotopic (exact) mass is 486 g/mol. The first-order valence-electron chi connectivity index (χ1n) is 11.5. The molecule has 2 aromatic heterocycles. The first kappa shape index (κ1) is 27.3. The molecule has 10 heteroatoms. The average Bonchev–Trinajstić information content (AvgIpc) is 3.33. The second kappa shape index (κ2) is 13.1. The number of aromatic nitrogens is 4. The Morgan fingerprint density at radius 2 is 1.69 bits per heavy atom. The fraction of sp³-hybridized carbons (Fsp3) is 0.400. The summed E-state index contributed by atoms with van der Waals surface area (Å²) >= 11 is 0. The first-order valence-corrected chi connectivity index (χ1v) is 11.5. The van der Waals surface area contributed by atoms with Crippen LogP contribution >= 0.6 is 0 Å². The predicted octanol–water partition coefficient (Wildman–Crippen LogP) is 5.32. The van der Waals surface area contributed by atoms with Crippen LogP contribution in [0.4, 0.5) is 11.5 Å². The Morgan fingerprint density at radius 1 is 0.943 bits per heavy atom. The third-order valence-corrected chi connectivity index (χ3v) is 4.89. The summed E-state index contributed by atoms with van der Waals surface area (Å²) in [6, 6.07) is 4.14. The van der Waals surface area contributed by atoms with Crippen molar-refractivity contribution in [2.75, 3.05) is 39.1 Å². The number of fused-ring (bicyclic) bond motifs is 1. The van der Waals surface area contributed by atoms with Gasteiger partial charge in [0.05, 0.1) is 45.8 Å². The van der Waals surface area contributed by atoms with Gasteiger partial charge in [-0.15, -0.1) is 0 Å². The van der Waals surface area contributed by atoms with Crippen LogP contribution in [0.1, 0.15) is 34.7 Å². The Balaban J connectivity index is 0.00000123. The molecule has 3 aromatic rings. The van der Waals surface area contributed by atoms with E-state index >= 15 is 0 Å². The molecule has 0 amide bonds. The number of anilines is 2. The van der Waals surface area contributed by atoms with Gasteiger partial charge in [-0.25, -0.2) is 9.67 Å². The molecule has 192 valence electrons. The maximum Gasteiger partial charge on any atom is 0.319 e. The third kappa shape index (κ3) is 5.95. The van der Waals surface area contributed by atoms with Crippen LogP contribution in [0, 0.1) is 6.92 Å². The highest BCUT2D eigenvalue weighted by Crippen LogP contribution is 2.37. The minimum atomic E-state index is -0.189. The number of aryl methyl sites for hydroxylation is 1. The SMILES string of the molecule is CC.CC.COc1ncc(-c2cnn3c2NC(Nc2cc(C)c(OC)c(OC)c2)C=C3)c(OC)n1.[HH]. The lowest BCUT2D eigenvalue weighted by Crippen LogP contribution is -2.30. The van der Waals surface area contributed by atoms with Crippen molar-refractivity contribution in [2.24, 2.45) is 0 Å². The maximum atomic E-state index is 5.46. The van der Waals surface area contributed by atoms with Gasteiger partial charge in [0.15, 0.2) is 11.5 Å². The Hall–Kier alpha value is -3.95. The Morgan fingerprint density at radius 3 is 2.31 bits per heavy atom. The molecule has 1 unspecified atom stereocenters. The van der Waals surface area contributed by atoms with E-state index in [2.05, 4.69) is 25.7 Å². The van der Waals surface area contributed by atoms with Crippen LogP contribution in [0.2, 0.25) is 0 Å². The molecule has 10 nitrogen and oxygen atoms in total. The molecule has 3 heterocycles. The van der Waals surface area contributed by atoms with Crippen molar-refractivity contribution < 1.29 is 20.4 Å². The number of ether oxygens (including phenoxy) is 4. The number of benzene rings is 1. The lowest BCUT2D eigenvalue weighted by atomic mass is 10.1. The van der Waals surface area contributed by atoms with Crippen LogP contribution < -0.4 is 29.6 Å². The number of methoxy groups -OCH3 is 4. The van der Waals surface area contributed by atoms with E-state index in [9.17, 15) is 0 Å². The average molecular weight is 487 g/mol. The normalized spacial score (nSPS) is 13.1. The lowest BCUT2D eigenvalue weighted by molar-refractivity contribution is 0.353. The molecule has 1 aliphatic heterocycles. The van der Waals surface area contributed by atoms with E-state index in [1.54, 1.807) is 38.4 Å². The van der Waals surface area contributed by atoms with Crippen LogP contribution in [0.3, 0.4) is 0 Å². The molecule has 0 saturated heterocycles. The zero-order valence-corrected chi connectivity index (χ0v) is 22.0. The van der Waals surface area contributed by atoms with Crippen molar-refractivity contribution in [2.45, 2.75) is 40.8 Å². The highest BCUT2D eigenvalue weighted by molar-refractivity contribution is 5.80. The summed E-state index contributed by atoms with van der Waals surface area (Å²) in [6.45, 7) is 9.97. The summed E-state index contributed by atoms with van der Waals surface area (Å²) in [4.78, 5) is 8.47. The van der Waals surface area contributed by atoms with E-state index in [0.717, 1.165) is 22.6 Å². The molecule has 0 fully saturated rings. The summed E-state index contributed by atoms with van der Waals surface area (Å²) in [7, 11) is 6.31. The van der Waals surface area contributed by atoms with Gasteiger partial charge in [-0.3, -0.25) is 0 Å². The largest absolute Gasteiger partial charge is 0.493 e.